The molecule has 0 atom stereocenters. The number of nitrogens with one attached hydrogen (secondary N) is 1. The summed E-state index contributed by atoms with van der Waals surface area (Å²) in [6, 6.07) is 18.8. The van der Waals surface area contributed by atoms with E-state index >= 15 is 0 Å². The van der Waals surface area contributed by atoms with Gasteiger partial charge in [0.15, 0.2) is 0 Å². The van der Waals surface area contributed by atoms with Gasteiger partial charge in [-0.2, -0.15) is 5.26 Å². The third-order valence-electron chi connectivity index (χ3n) is 4.96. The summed E-state index contributed by atoms with van der Waals surface area (Å²) in [5.74, 6) is -0.816. The number of amides is 1. The van der Waals surface area contributed by atoms with Gasteiger partial charge in [-0.1, -0.05) is 48.5 Å². The number of carbonyl (C=O) groups is 2. The van der Waals surface area contributed by atoms with Gasteiger partial charge in [-0.05, 0) is 43.3 Å². The Morgan fingerprint density at radius 2 is 1.88 bits per heavy atom. The quantitative estimate of drug-likeness (QED) is 0.201. The van der Waals surface area contributed by atoms with Crippen molar-refractivity contribution in [1.82, 2.24) is 4.98 Å². The second kappa shape index (κ2) is 9.86. The van der Waals surface area contributed by atoms with Crippen molar-refractivity contribution in [2.45, 2.75) is 18.7 Å². The van der Waals surface area contributed by atoms with Gasteiger partial charge >= 0.3 is 5.97 Å². The molecule has 0 saturated heterocycles. The second-order valence-electron chi connectivity index (χ2n) is 7.02. The normalized spacial score (nSPS) is 10.6. The Morgan fingerprint density at radius 3 is 2.61 bits per heavy atom. The summed E-state index contributed by atoms with van der Waals surface area (Å²) in [6.45, 7) is 3.71. The lowest BCUT2D eigenvalue weighted by Crippen LogP contribution is -2.12. The molecule has 164 valence electrons. The molecule has 2 heterocycles. The highest BCUT2D eigenvalue weighted by Crippen LogP contribution is 2.40. The van der Waals surface area contributed by atoms with Crippen molar-refractivity contribution >= 4 is 50.9 Å². The van der Waals surface area contributed by atoms with Crippen LogP contribution in [0.5, 0.6) is 0 Å². The molecule has 0 saturated carbocycles. The number of rotatable bonds is 6. The maximum Gasteiger partial charge on any atom is 0.348 e. The number of benzene rings is 2. The molecular formula is C25H19N3O3S2. The van der Waals surface area contributed by atoms with Crippen LogP contribution < -0.4 is 5.32 Å². The predicted molar refractivity (Wildman–Crippen MR) is 132 cm³/mol. The van der Waals surface area contributed by atoms with Crippen molar-refractivity contribution in [3.8, 4) is 16.7 Å². The number of thioether (sulfide) groups is 1. The van der Waals surface area contributed by atoms with Gasteiger partial charge in [0.25, 0.3) is 5.91 Å². The van der Waals surface area contributed by atoms with Crippen LogP contribution in [0, 0.1) is 17.6 Å². The number of ether oxygens (including phenoxy) is 1. The van der Waals surface area contributed by atoms with E-state index in [1.54, 1.807) is 19.9 Å². The highest BCUT2D eigenvalue weighted by Gasteiger charge is 2.24. The van der Waals surface area contributed by atoms with E-state index in [0.29, 0.717) is 42.5 Å². The molecule has 0 aliphatic rings. The van der Waals surface area contributed by atoms with Crippen LogP contribution in [0.2, 0.25) is 0 Å². The van der Waals surface area contributed by atoms with Crippen LogP contribution in [0.25, 0.3) is 22.2 Å². The van der Waals surface area contributed by atoms with E-state index in [-0.39, 0.29) is 12.5 Å². The van der Waals surface area contributed by atoms with Crippen molar-refractivity contribution < 1.29 is 14.3 Å². The first-order valence-corrected chi connectivity index (χ1v) is 11.8. The molecule has 2 aromatic carbocycles. The van der Waals surface area contributed by atoms with Crippen LogP contribution in [-0.4, -0.2) is 23.5 Å². The van der Waals surface area contributed by atoms with E-state index in [4.69, 9.17) is 9.72 Å². The van der Waals surface area contributed by atoms with Gasteiger partial charge in [0.1, 0.15) is 15.3 Å². The number of esters is 1. The van der Waals surface area contributed by atoms with E-state index in [1.165, 1.54) is 0 Å². The molecular weight excluding hydrogens is 454 g/mol. The number of anilines is 1. The number of nitrogens with zero attached hydrogens (tertiary/aromatic N) is 2. The minimum atomic E-state index is -0.471. The SMILES string of the molecule is CCOC(=O)c1sc(NC(=O)c2cc(-c3ccccc3)nc3ccccc23)c(SC#N)c1C. The topological polar surface area (TPSA) is 92.1 Å². The number of thiophene rings is 1. The molecule has 4 aromatic rings. The Hall–Kier alpha value is -3.67. The molecule has 0 aliphatic carbocycles. The van der Waals surface area contributed by atoms with Gasteiger partial charge in [-0.3, -0.25) is 4.79 Å². The number of hydrogen-bond acceptors (Lipinski definition) is 7. The van der Waals surface area contributed by atoms with Gasteiger partial charge in [-0.15, -0.1) is 11.3 Å². The highest BCUT2D eigenvalue weighted by molar-refractivity contribution is 8.04. The largest absolute Gasteiger partial charge is 0.462 e. The van der Waals surface area contributed by atoms with Crippen molar-refractivity contribution in [1.29, 1.82) is 5.26 Å². The third kappa shape index (κ3) is 4.60. The summed E-state index contributed by atoms with van der Waals surface area (Å²) in [5, 5.41) is 15.4. The van der Waals surface area contributed by atoms with Crippen molar-refractivity contribution in [3.63, 3.8) is 0 Å². The molecule has 2 aromatic heterocycles. The van der Waals surface area contributed by atoms with E-state index < -0.39 is 5.97 Å². The first kappa shape index (κ1) is 22.5. The fourth-order valence-corrected chi connectivity index (χ4v) is 5.23. The number of pyridine rings is 1. The van der Waals surface area contributed by atoms with Crippen LogP contribution in [0.15, 0.2) is 65.6 Å². The summed E-state index contributed by atoms with van der Waals surface area (Å²) in [6.07, 6.45) is 0. The summed E-state index contributed by atoms with van der Waals surface area (Å²) < 4.78 is 5.13. The average Bonchev–Trinajstić information content (AvgIpc) is 3.14. The van der Waals surface area contributed by atoms with E-state index in [2.05, 4.69) is 5.32 Å². The maximum atomic E-state index is 13.4. The van der Waals surface area contributed by atoms with Gasteiger partial charge in [0, 0.05) is 10.9 Å². The molecule has 0 fully saturated rings. The number of nitriles is 1. The van der Waals surface area contributed by atoms with Crippen LogP contribution >= 0.6 is 23.1 Å². The van der Waals surface area contributed by atoms with Gasteiger partial charge in [0.05, 0.1) is 28.3 Å². The molecule has 0 spiro atoms. The van der Waals surface area contributed by atoms with Crippen LogP contribution in [-0.2, 0) is 4.74 Å². The summed E-state index contributed by atoms with van der Waals surface area (Å²) >= 11 is 2.02. The molecule has 1 N–H and O–H groups in total. The Balaban J connectivity index is 1.78. The van der Waals surface area contributed by atoms with E-state index in [0.717, 1.165) is 28.7 Å². The number of hydrogen-bond donors (Lipinski definition) is 1. The maximum absolute atomic E-state index is 13.4. The number of fused-ring (bicyclic) bond motifs is 1. The zero-order valence-electron chi connectivity index (χ0n) is 17.9. The van der Waals surface area contributed by atoms with Crippen LogP contribution in [0.4, 0.5) is 5.00 Å². The Morgan fingerprint density at radius 1 is 1.15 bits per heavy atom. The van der Waals surface area contributed by atoms with Crippen LogP contribution in [0.3, 0.4) is 0 Å². The lowest BCUT2D eigenvalue weighted by Gasteiger charge is -2.10. The molecule has 8 heteroatoms. The minimum absolute atomic E-state index is 0.240. The number of aromatic nitrogens is 1. The molecule has 33 heavy (non-hydrogen) atoms. The summed E-state index contributed by atoms with van der Waals surface area (Å²) in [7, 11) is 0. The molecule has 0 radical (unpaired) electrons. The van der Waals surface area contributed by atoms with Crippen molar-refractivity contribution in [2.24, 2.45) is 0 Å². The zero-order chi connectivity index (χ0) is 23.4. The first-order valence-electron chi connectivity index (χ1n) is 10.2. The molecule has 0 bridgehead atoms. The number of carbonyl (C=O) groups excluding carboxylic acids is 2. The smallest absolute Gasteiger partial charge is 0.348 e. The standard InChI is InChI=1S/C25H19N3O3S2/c1-3-31-25(30)22-15(2)21(32-14-26)24(33-22)28-23(29)18-13-20(16-9-5-4-6-10-16)27-19-12-8-7-11-17(18)19/h4-13H,3H2,1-2H3,(H,28,29). The molecule has 0 aliphatic heterocycles. The number of para-hydroxylation sites is 1. The highest BCUT2D eigenvalue weighted by atomic mass is 32.2. The summed E-state index contributed by atoms with van der Waals surface area (Å²) in [4.78, 5) is 31.4. The fourth-order valence-electron chi connectivity index (χ4n) is 3.43. The van der Waals surface area contributed by atoms with Gasteiger partial charge < -0.3 is 10.1 Å². The van der Waals surface area contributed by atoms with Crippen molar-refractivity contribution in [2.75, 3.05) is 11.9 Å². The first-order chi connectivity index (χ1) is 16.0. The Kier molecular flexibility index (Phi) is 6.73. The second-order valence-corrected chi connectivity index (χ2v) is 8.84. The Bertz CT molecular complexity index is 1390. The van der Waals surface area contributed by atoms with Crippen molar-refractivity contribution in [3.05, 3.63) is 76.7 Å². The number of thiocyanates is 1. The lowest BCUT2D eigenvalue weighted by atomic mass is 10.0. The van der Waals surface area contributed by atoms with Gasteiger partial charge in [0.2, 0.25) is 0 Å². The van der Waals surface area contributed by atoms with E-state index in [9.17, 15) is 14.9 Å². The molecule has 6 nitrogen and oxygen atoms in total. The lowest BCUT2D eigenvalue weighted by molar-refractivity contribution is 0.0531. The zero-order valence-corrected chi connectivity index (χ0v) is 19.5. The fraction of sp³-hybridized carbons (Fsp3) is 0.120. The minimum Gasteiger partial charge on any atom is -0.462 e. The third-order valence-corrected chi connectivity index (χ3v) is 7.08. The molecule has 0 unspecified atom stereocenters. The monoisotopic (exact) mass is 473 g/mol. The summed E-state index contributed by atoms with van der Waals surface area (Å²) in [5.41, 5.74) is 3.35. The molecule has 4 rings (SSSR count). The Labute approximate surface area is 199 Å². The van der Waals surface area contributed by atoms with E-state index in [1.807, 2.05) is 60.0 Å². The van der Waals surface area contributed by atoms with Gasteiger partial charge in [-0.25, -0.2) is 9.78 Å². The van der Waals surface area contributed by atoms with Crippen LogP contribution in [0.1, 0.15) is 32.5 Å². The molecule has 1 amide bonds. The predicted octanol–water partition coefficient (Wildman–Crippen LogP) is 6.27. The average molecular weight is 474 g/mol.